The van der Waals surface area contributed by atoms with Crippen LogP contribution in [0, 0.1) is 0 Å². The molecule has 1 fully saturated rings. The summed E-state index contributed by atoms with van der Waals surface area (Å²) >= 11 is -5.87. The Bertz CT molecular complexity index is 122. The summed E-state index contributed by atoms with van der Waals surface area (Å²) in [4.78, 5) is 0. The predicted octanol–water partition coefficient (Wildman–Crippen LogP) is -0.758. The molecule has 0 amide bonds. The van der Waals surface area contributed by atoms with E-state index in [9.17, 15) is 6.80 Å². The van der Waals surface area contributed by atoms with Gasteiger partial charge in [-0.3, -0.25) is 0 Å². The van der Waals surface area contributed by atoms with Gasteiger partial charge >= 0.3 is 51.4 Å². The van der Waals surface area contributed by atoms with Gasteiger partial charge in [-0.05, 0) is 0 Å². The fourth-order valence-corrected chi connectivity index (χ4v) is 6.43. The van der Waals surface area contributed by atoms with Crippen LogP contribution in [0.4, 0.5) is 0 Å². The van der Waals surface area contributed by atoms with Crippen molar-refractivity contribution in [1.29, 1.82) is 0 Å². The molecule has 0 aromatic heterocycles. The third-order valence-corrected chi connectivity index (χ3v) is 19.5. The van der Waals surface area contributed by atoms with Crippen molar-refractivity contribution in [2.24, 2.45) is 0 Å². The Morgan fingerprint density at radius 1 is 1.33 bits per heavy atom. The van der Waals surface area contributed by atoms with E-state index in [1.54, 1.807) is 0 Å². The molecule has 0 atom stereocenters. The van der Waals surface area contributed by atoms with Crippen molar-refractivity contribution in [2.45, 2.75) is 0 Å². The first kappa shape index (κ1) is 5.27. The summed E-state index contributed by atoms with van der Waals surface area (Å²) in [6.45, 7) is 0. The molecule has 0 bridgehead atoms. The first-order chi connectivity index (χ1) is 2.71. The molecule has 2 radical (unpaired) electrons. The van der Waals surface area contributed by atoms with Crippen LogP contribution < -0.4 is 0 Å². The van der Waals surface area contributed by atoms with Crippen LogP contribution in [0.1, 0.15) is 0 Å². The molecule has 0 N–H and O–H groups in total. The summed E-state index contributed by atoms with van der Waals surface area (Å²) < 4.78 is 28.0. The molecule has 1 heterocycles. The summed E-state index contributed by atoms with van der Waals surface area (Å²) in [6.07, 6.45) is 0. The second kappa shape index (κ2) is 1.57. The van der Waals surface area contributed by atoms with E-state index in [1.807, 2.05) is 0 Å². The average molecular weight is 455 g/mol. The van der Waals surface area contributed by atoms with Gasteiger partial charge in [0.25, 0.3) is 0 Å². The predicted molar refractivity (Wildman–Crippen MR) is 9.30 cm³/mol. The minimum atomic E-state index is -4.45. The van der Waals surface area contributed by atoms with Gasteiger partial charge < -0.3 is 0 Å². The van der Waals surface area contributed by atoms with Gasteiger partial charge in [-0.1, -0.05) is 0 Å². The van der Waals surface area contributed by atoms with Crippen molar-refractivity contribution in [3.63, 3.8) is 0 Å². The second-order valence-corrected chi connectivity index (χ2v) is 16.0. The van der Waals surface area contributed by atoms with Crippen LogP contribution in [0.3, 0.4) is 0 Å². The fourth-order valence-electron chi connectivity index (χ4n) is 0.0896. The monoisotopic (exact) mass is 456 g/mol. The van der Waals surface area contributed by atoms with Crippen molar-refractivity contribution in [3.8, 4) is 0 Å². The van der Waals surface area contributed by atoms with Gasteiger partial charge in [0.1, 0.15) is 0 Å². The summed E-state index contributed by atoms with van der Waals surface area (Å²) in [5.41, 5.74) is 0. The third kappa shape index (κ3) is 1.05. The van der Waals surface area contributed by atoms with Gasteiger partial charge in [0, 0.05) is 0 Å². The van der Waals surface area contributed by atoms with Crippen molar-refractivity contribution in [3.05, 3.63) is 0 Å². The summed E-state index contributed by atoms with van der Waals surface area (Å²) in [5.74, 6) is 0. The Balaban J connectivity index is 2.78. The van der Waals surface area contributed by atoms with Gasteiger partial charge in [0.15, 0.2) is 0 Å². The molecule has 0 unspecified atom stereocenters. The molecule has 1 saturated heterocycles. The zero-order chi connectivity index (χ0) is 4.62. The molecule has 0 aromatic rings. The van der Waals surface area contributed by atoms with E-state index < -0.39 is 41.9 Å². The van der Waals surface area contributed by atoms with Crippen LogP contribution >= 0.6 is 0 Å². The Morgan fingerprint density at radius 2 is 1.67 bits per heavy atom. The molecule has 0 spiro atoms. The van der Waals surface area contributed by atoms with Gasteiger partial charge in [-0.25, -0.2) is 0 Å². The molecule has 34 valence electrons. The molecule has 4 nitrogen and oxygen atoms in total. The zero-order valence-electron chi connectivity index (χ0n) is 2.54. The number of rotatable bonds is 0. The molecule has 6 heteroatoms. The third-order valence-electron chi connectivity index (χ3n) is 0.272. The summed E-state index contributed by atoms with van der Waals surface area (Å²) in [5, 5.41) is 0. The Kier molecular flexibility index (Phi) is 1.38. The quantitative estimate of drug-likeness (QED) is 0.452. The van der Waals surface area contributed by atoms with Crippen LogP contribution in [0.25, 0.3) is 0 Å². The van der Waals surface area contributed by atoms with Gasteiger partial charge in [-0.2, -0.15) is 0 Å². The van der Waals surface area contributed by atoms with E-state index in [2.05, 4.69) is 2.68 Å². The van der Waals surface area contributed by atoms with E-state index in [1.165, 1.54) is 0 Å². The van der Waals surface area contributed by atoms with Crippen molar-refractivity contribution in [2.75, 3.05) is 0 Å². The summed E-state index contributed by atoms with van der Waals surface area (Å²) in [7, 11) is 0. The molecule has 0 saturated carbocycles. The molecular formula is O4PbW. The van der Waals surface area contributed by atoms with E-state index in [4.69, 9.17) is 0 Å². The van der Waals surface area contributed by atoms with E-state index in [-0.39, 0.29) is 0 Å². The number of hydrogen-bond acceptors (Lipinski definition) is 4. The van der Waals surface area contributed by atoms with Gasteiger partial charge in [0.05, 0.1) is 0 Å². The van der Waals surface area contributed by atoms with Crippen LogP contribution in [-0.2, 0) is 26.2 Å². The zero-order valence-corrected chi connectivity index (χ0v) is 9.36. The fraction of sp³-hybridized carbons (Fsp3) is 0. The average Bonchev–Trinajstić information content (AvgIpc) is 1.32. The molecule has 1 aliphatic rings. The van der Waals surface area contributed by atoms with E-state index >= 15 is 0 Å². The van der Waals surface area contributed by atoms with Gasteiger partial charge in [0.2, 0.25) is 0 Å². The maximum atomic E-state index is 9.82. The Labute approximate surface area is 51.1 Å². The van der Waals surface area contributed by atoms with Crippen LogP contribution in [0.5, 0.6) is 0 Å². The normalized spacial score (nSPS) is 28.7. The van der Waals surface area contributed by atoms with Gasteiger partial charge in [-0.15, -0.1) is 0 Å². The van der Waals surface area contributed by atoms with E-state index in [0.29, 0.717) is 0 Å². The number of hydrogen-bond donors (Lipinski definition) is 0. The first-order valence-corrected chi connectivity index (χ1v) is 9.04. The molecule has 0 aromatic carbocycles. The van der Waals surface area contributed by atoms with Crippen LogP contribution in [0.2, 0.25) is 0 Å². The first-order valence-electron chi connectivity index (χ1n) is 1.07. The SMILES string of the molecule is [O]=[W]1(=[O])[O][Pb][O]1. The van der Waals surface area contributed by atoms with Crippen molar-refractivity contribution < 1.29 is 26.2 Å². The second-order valence-electron chi connectivity index (χ2n) is 0.658. The van der Waals surface area contributed by atoms with Crippen LogP contribution in [0.15, 0.2) is 0 Å². The Morgan fingerprint density at radius 3 is 1.67 bits per heavy atom. The van der Waals surface area contributed by atoms with Crippen LogP contribution in [-0.4, -0.2) is 25.1 Å². The molecule has 1 rings (SSSR count). The minimum absolute atomic E-state index is 1.42. The standard InChI is InChI=1S/4O.Pb.W. The molecule has 6 heavy (non-hydrogen) atoms. The van der Waals surface area contributed by atoms with Crippen molar-refractivity contribution in [1.82, 2.24) is 0 Å². The van der Waals surface area contributed by atoms with E-state index in [0.717, 1.165) is 0 Å². The topological polar surface area (TPSA) is 52.6 Å². The van der Waals surface area contributed by atoms with Crippen molar-refractivity contribution >= 4 is 25.1 Å². The summed E-state index contributed by atoms with van der Waals surface area (Å²) in [6, 6.07) is 0. The molecule has 1 aliphatic heterocycles. The maximum absolute atomic E-state index is 9.82. The molecular weight excluding hydrogens is 455 g/mol. The Hall–Kier alpha value is 1.13. The molecule has 0 aliphatic carbocycles.